The highest BCUT2D eigenvalue weighted by molar-refractivity contribution is 7.90. The quantitative estimate of drug-likeness (QED) is 0.363. The van der Waals surface area contributed by atoms with Crippen molar-refractivity contribution in [2.24, 2.45) is 5.92 Å². The monoisotopic (exact) mass is 535 g/mol. The normalized spacial score (nSPS) is 15.0. The van der Waals surface area contributed by atoms with Crippen molar-refractivity contribution in [3.05, 3.63) is 54.1 Å². The van der Waals surface area contributed by atoms with Crippen molar-refractivity contribution in [2.45, 2.75) is 42.7 Å². The second-order valence-electron chi connectivity index (χ2n) is 8.17. The number of amides is 1. The first kappa shape index (κ1) is 29.1. The minimum atomic E-state index is -4.96. The van der Waals surface area contributed by atoms with Crippen molar-refractivity contribution in [3.63, 3.8) is 0 Å². The second kappa shape index (κ2) is 11.3. The van der Waals surface area contributed by atoms with Crippen molar-refractivity contribution in [1.82, 2.24) is 10.6 Å². The van der Waals surface area contributed by atoms with E-state index in [1.54, 1.807) is 6.07 Å². The maximum Gasteiger partial charge on any atom is 0.407 e. The lowest BCUT2D eigenvalue weighted by Gasteiger charge is -2.29. The summed E-state index contributed by atoms with van der Waals surface area (Å²) in [4.78, 5) is 12.4. The van der Waals surface area contributed by atoms with Crippen LogP contribution in [0.5, 0.6) is 0 Å². The summed E-state index contributed by atoms with van der Waals surface area (Å²) in [6, 6.07) is 7.77. The van der Waals surface area contributed by atoms with Crippen molar-refractivity contribution in [1.29, 1.82) is 5.26 Å². The van der Waals surface area contributed by atoms with Crippen molar-refractivity contribution < 1.29 is 39.6 Å². The van der Waals surface area contributed by atoms with Gasteiger partial charge in [0.1, 0.15) is 12.6 Å². The molecule has 0 saturated heterocycles. The first-order valence-electron chi connectivity index (χ1n) is 10.5. The topological polar surface area (TPSA) is 99.1 Å². The molecular formula is C23H23F6N3O3S. The van der Waals surface area contributed by atoms with E-state index in [0.29, 0.717) is 11.1 Å². The number of alkyl halides is 6. The first-order chi connectivity index (χ1) is 16.5. The molecule has 196 valence electrons. The number of hydrogen-bond acceptors (Lipinski definition) is 5. The summed E-state index contributed by atoms with van der Waals surface area (Å²) in [7, 11) is -3.43. The van der Waals surface area contributed by atoms with E-state index in [-0.39, 0.29) is 10.5 Å². The van der Waals surface area contributed by atoms with Gasteiger partial charge in [-0.15, -0.1) is 0 Å². The van der Waals surface area contributed by atoms with Crippen LogP contribution in [0.15, 0.2) is 53.4 Å². The van der Waals surface area contributed by atoms with Gasteiger partial charge < -0.3 is 5.32 Å². The molecule has 2 aromatic carbocycles. The fraction of sp³-hybridized carbons (Fsp3) is 0.391. The van der Waals surface area contributed by atoms with Crippen LogP contribution in [0.25, 0.3) is 11.1 Å². The Morgan fingerprint density at radius 1 is 0.944 bits per heavy atom. The average molecular weight is 536 g/mol. The summed E-state index contributed by atoms with van der Waals surface area (Å²) < 4.78 is 104. The van der Waals surface area contributed by atoms with Gasteiger partial charge in [-0.25, -0.2) is 8.42 Å². The zero-order valence-electron chi connectivity index (χ0n) is 19.1. The minimum Gasteiger partial charge on any atom is -0.342 e. The van der Waals surface area contributed by atoms with Gasteiger partial charge >= 0.3 is 12.4 Å². The van der Waals surface area contributed by atoms with Crippen LogP contribution in [0.1, 0.15) is 24.9 Å². The fourth-order valence-corrected chi connectivity index (χ4v) is 3.96. The van der Waals surface area contributed by atoms with Crippen LogP contribution in [0, 0.1) is 17.2 Å². The summed E-state index contributed by atoms with van der Waals surface area (Å²) in [6.07, 6.45) is -9.64. The molecule has 0 radical (unpaired) electrons. The first-order valence-corrected chi connectivity index (χ1v) is 12.4. The Hall–Kier alpha value is -3.11. The van der Waals surface area contributed by atoms with Gasteiger partial charge in [0.05, 0.1) is 22.9 Å². The average Bonchev–Trinajstić information content (AvgIpc) is 2.78. The van der Waals surface area contributed by atoms with Crippen LogP contribution < -0.4 is 10.6 Å². The molecule has 0 fully saturated rings. The number of benzene rings is 2. The maximum atomic E-state index is 13.9. The molecule has 3 atom stereocenters. The van der Waals surface area contributed by atoms with Crippen molar-refractivity contribution >= 4 is 15.7 Å². The molecule has 6 nitrogen and oxygen atoms in total. The number of nitriles is 1. The largest absolute Gasteiger partial charge is 0.407 e. The number of hydrogen-bond donors (Lipinski definition) is 2. The minimum absolute atomic E-state index is 0.0676. The molecule has 1 amide bonds. The molecule has 36 heavy (non-hydrogen) atoms. The van der Waals surface area contributed by atoms with Gasteiger partial charge in [0.2, 0.25) is 5.91 Å². The SMILES string of the molecule is C[C@@H](C[C@H](N[C@@H](c1ccc(-c2ccc(S(C)(=O)=O)cc2)cc1)C(F)(F)F)C(=O)NCC#N)C(F)(F)F. The molecule has 2 rings (SSSR count). The number of nitrogens with one attached hydrogen (secondary N) is 2. The lowest BCUT2D eigenvalue weighted by atomic mass is 9.96. The zero-order valence-corrected chi connectivity index (χ0v) is 19.9. The van der Waals surface area contributed by atoms with Crippen LogP contribution in [-0.2, 0) is 14.6 Å². The van der Waals surface area contributed by atoms with Crippen molar-refractivity contribution in [3.8, 4) is 17.2 Å². The summed E-state index contributed by atoms with van der Waals surface area (Å²) in [5.74, 6) is -3.25. The number of nitrogens with zero attached hydrogens (tertiary/aromatic N) is 1. The van der Waals surface area contributed by atoms with E-state index in [1.807, 2.05) is 10.6 Å². The third-order valence-electron chi connectivity index (χ3n) is 5.36. The van der Waals surface area contributed by atoms with Crippen LogP contribution in [0.3, 0.4) is 0 Å². The Labute approximate surface area is 204 Å². The molecule has 2 N–H and O–H groups in total. The summed E-state index contributed by atoms with van der Waals surface area (Å²) >= 11 is 0. The molecule has 0 unspecified atom stereocenters. The highest BCUT2D eigenvalue weighted by Crippen LogP contribution is 2.36. The van der Waals surface area contributed by atoms with Crippen LogP contribution in [0.2, 0.25) is 0 Å². The summed E-state index contributed by atoms with van der Waals surface area (Å²) in [5.41, 5.74) is 0.642. The van der Waals surface area contributed by atoms with Crippen LogP contribution >= 0.6 is 0 Å². The van der Waals surface area contributed by atoms with Gasteiger partial charge in [-0.05, 0) is 35.2 Å². The molecule has 0 aliphatic rings. The molecule has 0 heterocycles. The van der Waals surface area contributed by atoms with E-state index in [0.717, 1.165) is 25.3 Å². The number of sulfone groups is 1. The van der Waals surface area contributed by atoms with E-state index in [9.17, 15) is 39.6 Å². The molecule has 0 aliphatic carbocycles. The van der Waals surface area contributed by atoms with Gasteiger partial charge in [0, 0.05) is 6.26 Å². The maximum absolute atomic E-state index is 13.9. The highest BCUT2D eigenvalue weighted by atomic mass is 32.2. The molecule has 0 saturated carbocycles. The Bertz CT molecular complexity index is 1190. The molecule has 2 aromatic rings. The van der Waals surface area contributed by atoms with E-state index in [1.165, 1.54) is 36.4 Å². The van der Waals surface area contributed by atoms with Gasteiger partial charge in [-0.1, -0.05) is 43.3 Å². The third-order valence-corrected chi connectivity index (χ3v) is 6.49. The predicted octanol–water partition coefficient (Wildman–Crippen LogP) is 4.55. The van der Waals surface area contributed by atoms with Gasteiger partial charge in [0.25, 0.3) is 0 Å². The molecule has 13 heteroatoms. The van der Waals surface area contributed by atoms with E-state index in [2.05, 4.69) is 0 Å². The number of carbonyl (C=O) groups is 1. The zero-order chi connectivity index (χ0) is 27.3. The number of carbonyl (C=O) groups excluding carboxylic acids is 1. The summed E-state index contributed by atoms with van der Waals surface area (Å²) in [5, 5.41) is 12.6. The van der Waals surface area contributed by atoms with Crippen molar-refractivity contribution in [2.75, 3.05) is 12.8 Å². The summed E-state index contributed by atoms with van der Waals surface area (Å²) in [6.45, 7) is 0.166. The van der Waals surface area contributed by atoms with E-state index < -0.39 is 59.1 Å². The third kappa shape index (κ3) is 7.96. The smallest absolute Gasteiger partial charge is 0.342 e. The Kier molecular flexibility index (Phi) is 9.14. The highest BCUT2D eigenvalue weighted by Gasteiger charge is 2.45. The number of halogens is 6. The Balaban J connectivity index is 2.35. The molecule has 0 bridgehead atoms. The van der Waals surface area contributed by atoms with Crippen LogP contribution in [-0.4, -0.2) is 45.5 Å². The Morgan fingerprint density at radius 2 is 1.44 bits per heavy atom. The van der Waals surface area contributed by atoms with E-state index >= 15 is 0 Å². The fourth-order valence-electron chi connectivity index (χ4n) is 3.33. The predicted molar refractivity (Wildman–Crippen MR) is 119 cm³/mol. The standard InChI is InChI=1S/C23H23F6N3O3S/c1-14(22(24,25)26)13-19(21(33)31-12-11-30)32-20(23(27,28)29)17-5-3-15(4-6-17)16-7-9-18(10-8-16)36(2,34)35/h3-10,14,19-20,32H,12-13H2,1-2H3,(H,31,33)/t14-,19-,20-/m0/s1. The van der Waals surface area contributed by atoms with Gasteiger partial charge in [-0.2, -0.15) is 31.6 Å². The molecule has 0 aliphatic heterocycles. The molecule has 0 aromatic heterocycles. The lowest BCUT2D eigenvalue weighted by molar-refractivity contribution is -0.177. The van der Waals surface area contributed by atoms with Gasteiger partial charge in [0.15, 0.2) is 9.84 Å². The van der Waals surface area contributed by atoms with Crippen LogP contribution in [0.4, 0.5) is 26.3 Å². The van der Waals surface area contributed by atoms with E-state index in [4.69, 9.17) is 5.26 Å². The second-order valence-corrected chi connectivity index (χ2v) is 10.2. The molecule has 0 spiro atoms. The lowest BCUT2D eigenvalue weighted by Crippen LogP contribution is -2.50. The number of rotatable bonds is 9. The molecular weight excluding hydrogens is 512 g/mol. The van der Waals surface area contributed by atoms with Gasteiger partial charge in [-0.3, -0.25) is 10.1 Å². The Morgan fingerprint density at radius 3 is 1.86 bits per heavy atom.